The van der Waals surface area contributed by atoms with Crippen molar-refractivity contribution in [2.45, 2.75) is 32.4 Å². The summed E-state index contributed by atoms with van der Waals surface area (Å²) >= 11 is 0. The van der Waals surface area contributed by atoms with Crippen LogP contribution in [0, 0.1) is 5.92 Å². The molecule has 14 heavy (non-hydrogen) atoms. The second-order valence-corrected chi connectivity index (χ2v) is 4.70. The Bertz CT molecular complexity index is 161. The van der Waals surface area contributed by atoms with Crippen LogP contribution in [0.15, 0.2) is 0 Å². The molecule has 84 valence electrons. The largest absolute Gasteiger partial charge is 0.378 e. The lowest BCUT2D eigenvalue weighted by atomic mass is 10.0. The van der Waals surface area contributed by atoms with Gasteiger partial charge in [-0.05, 0) is 40.3 Å². The SMILES string of the molecule is CC(CN(C)C)NCC1CCOC1C. The molecule has 3 atom stereocenters. The second kappa shape index (κ2) is 5.69. The maximum absolute atomic E-state index is 5.53. The van der Waals surface area contributed by atoms with Gasteiger partial charge in [0.1, 0.15) is 0 Å². The summed E-state index contributed by atoms with van der Waals surface area (Å²) in [4.78, 5) is 2.21. The Morgan fingerprint density at radius 1 is 1.50 bits per heavy atom. The zero-order valence-corrected chi connectivity index (χ0v) is 9.92. The Balaban J connectivity index is 2.13. The standard InChI is InChI=1S/C11H24N2O/c1-9(8-13(3)4)12-7-11-5-6-14-10(11)2/h9-12H,5-8H2,1-4H3. The first-order chi connectivity index (χ1) is 6.59. The Kier molecular flexibility index (Phi) is 4.85. The molecule has 0 spiro atoms. The molecule has 0 aliphatic carbocycles. The summed E-state index contributed by atoms with van der Waals surface area (Å²) in [5.41, 5.74) is 0. The number of rotatable bonds is 5. The molecule has 0 aromatic rings. The summed E-state index contributed by atoms with van der Waals surface area (Å²) < 4.78 is 5.53. The van der Waals surface area contributed by atoms with E-state index in [9.17, 15) is 0 Å². The van der Waals surface area contributed by atoms with Gasteiger partial charge in [0, 0.05) is 25.7 Å². The van der Waals surface area contributed by atoms with Crippen LogP contribution >= 0.6 is 0 Å². The van der Waals surface area contributed by atoms with Crippen molar-refractivity contribution in [1.29, 1.82) is 0 Å². The van der Waals surface area contributed by atoms with Crippen LogP contribution in [-0.4, -0.2) is 50.8 Å². The molecule has 1 fully saturated rings. The van der Waals surface area contributed by atoms with Crippen molar-refractivity contribution in [1.82, 2.24) is 10.2 Å². The van der Waals surface area contributed by atoms with Crippen LogP contribution in [0.4, 0.5) is 0 Å². The van der Waals surface area contributed by atoms with Gasteiger partial charge in [-0.1, -0.05) is 0 Å². The third-order valence-electron chi connectivity index (χ3n) is 2.90. The molecule has 1 aliphatic rings. The molecular formula is C11H24N2O. The fourth-order valence-corrected chi connectivity index (χ4v) is 2.01. The van der Waals surface area contributed by atoms with Gasteiger partial charge in [-0.2, -0.15) is 0 Å². The average Bonchev–Trinajstić information content (AvgIpc) is 2.46. The zero-order chi connectivity index (χ0) is 10.6. The van der Waals surface area contributed by atoms with Crippen LogP contribution in [0.2, 0.25) is 0 Å². The van der Waals surface area contributed by atoms with Gasteiger partial charge in [-0.3, -0.25) is 0 Å². The third kappa shape index (κ3) is 3.95. The molecule has 1 heterocycles. The molecule has 3 unspecified atom stereocenters. The Hall–Kier alpha value is -0.120. The lowest BCUT2D eigenvalue weighted by molar-refractivity contribution is 0.104. The van der Waals surface area contributed by atoms with Crippen molar-refractivity contribution >= 4 is 0 Å². The van der Waals surface area contributed by atoms with E-state index < -0.39 is 0 Å². The molecule has 0 aromatic carbocycles. The highest BCUT2D eigenvalue weighted by atomic mass is 16.5. The molecule has 1 aliphatic heterocycles. The van der Waals surface area contributed by atoms with E-state index in [2.05, 4.69) is 38.2 Å². The zero-order valence-electron chi connectivity index (χ0n) is 9.92. The summed E-state index contributed by atoms with van der Waals surface area (Å²) in [5, 5.41) is 3.56. The van der Waals surface area contributed by atoms with Crippen molar-refractivity contribution in [2.24, 2.45) is 5.92 Å². The van der Waals surface area contributed by atoms with E-state index in [0.29, 0.717) is 18.1 Å². The first-order valence-corrected chi connectivity index (χ1v) is 5.59. The van der Waals surface area contributed by atoms with E-state index in [1.54, 1.807) is 0 Å². The highest BCUT2D eigenvalue weighted by Gasteiger charge is 2.23. The number of hydrogen-bond donors (Lipinski definition) is 1. The van der Waals surface area contributed by atoms with Gasteiger partial charge in [0.15, 0.2) is 0 Å². The second-order valence-electron chi connectivity index (χ2n) is 4.70. The van der Waals surface area contributed by atoms with Crippen molar-refractivity contribution in [3.05, 3.63) is 0 Å². The Morgan fingerprint density at radius 2 is 2.21 bits per heavy atom. The van der Waals surface area contributed by atoms with Crippen LogP contribution in [-0.2, 0) is 4.74 Å². The molecule has 0 saturated carbocycles. The smallest absolute Gasteiger partial charge is 0.0588 e. The van der Waals surface area contributed by atoms with Gasteiger partial charge < -0.3 is 15.0 Å². The van der Waals surface area contributed by atoms with E-state index in [0.717, 1.165) is 19.7 Å². The lowest BCUT2D eigenvalue weighted by Gasteiger charge is -2.21. The summed E-state index contributed by atoms with van der Waals surface area (Å²) in [6.07, 6.45) is 1.65. The summed E-state index contributed by atoms with van der Waals surface area (Å²) in [6, 6.07) is 0.567. The van der Waals surface area contributed by atoms with E-state index >= 15 is 0 Å². The monoisotopic (exact) mass is 200 g/mol. The number of nitrogens with one attached hydrogen (secondary N) is 1. The van der Waals surface area contributed by atoms with Crippen LogP contribution in [0.3, 0.4) is 0 Å². The van der Waals surface area contributed by atoms with E-state index in [1.165, 1.54) is 6.42 Å². The molecule has 0 radical (unpaired) electrons. The minimum absolute atomic E-state index is 0.439. The summed E-state index contributed by atoms with van der Waals surface area (Å²) in [5.74, 6) is 0.708. The average molecular weight is 200 g/mol. The predicted molar refractivity (Wildman–Crippen MR) is 59.5 cm³/mol. The third-order valence-corrected chi connectivity index (χ3v) is 2.90. The number of hydrogen-bond acceptors (Lipinski definition) is 3. The molecule has 3 heteroatoms. The van der Waals surface area contributed by atoms with E-state index in [4.69, 9.17) is 4.74 Å². The highest BCUT2D eigenvalue weighted by molar-refractivity contribution is 4.76. The first-order valence-electron chi connectivity index (χ1n) is 5.59. The highest BCUT2D eigenvalue weighted by Crippen LogP contribution is 2.19. The maximum Gasteiger partial charge on any atom is 0.0588 e. The number of ether oxygens (including phenoxy) is 1. The predicted octanol–water partition coefficient (Wildman–Crippen LogP) is 0.951. The molecule has 0 amide bonds. The van der Waals surface area contributed by atoms with Crippen LogP contribution < -0.4 is 5.32 Å². The van der Waals surface area contributed by atoms with Gasteiger partial charge in [0.05, 0.1) is 6.10 Å². The Labute approximate surface area is 87.8 Å². The molecular weight excluding hydrogens is 176 g/mol. The van der Waals surface area contributed by atoms with E-state index in [1.807, 2.05) is 0 Å². The van der Waals surface area contributed by atoms with Crippen molar-refractivity contribution in [3.8, 4) is 0 Å². The quantitative estimate of drug-likeness (QED) is 0.715. The molecule has 0 bridgehead atoms. The van der Waals surface area contributed by atoms with Gasteiger partial charge >= 0.3 is 0 Å². The molecule has 1 saturated heterocycles. The van der Waals surface area contributed by atoms with Crippen LogP contribution in [0.1, 0.15) is 20.3 Å². The van der Waals surface area contributed by atoms with Gasteiger partial charge in [-0.25, -0.2) is 0 Å². The molecule has 1 rings (SSSR count). The van der Waals surface area contributed by atoms with Crippen LogP contribution in [0.5, 0.6) is 0 Å². The fourth-order valence-electron chi connectivity index (χ4n) is 2.01. The van der Waals surface area contributed by atoms with Gasteiger partial charge in [0.2, 0.25) is 0 Å². The van der Waals surface area contributed by atoms with Gasteiger partial charge in [-0.15, -0.1) is 0 Å². The van der Waals surface area contributed by atoms with Gasteiger partial charge in [0.25, 0.3) is 0 Å². The molecule has 1 N–H and O–H groups in total. The first kappa shape index (κ1) is 12.0. The molecule has 0 aromatic heterocycles. The number of likely N-dealkylation sites (N-methyl/N-ethyl adjacent to an activating group) is 1. The Morgan fingerprint density at radius 3 is 2.71 bits per heavy atom. The minimum Gasteiger partial charge on any atom is -0.378 e. The van der Waals surface area contributed by atoms with Crippen molar-refractivity contribution < 1.29 is 4.74 Å². The topological polar surface area (TPSA) is 24.5 Å². The minimum atomic E-state index is 0.439. The normalized spacial score (nSPS) is 29.8. The summed E-state index contributed by atoms with van der Waals surface area (Å²) in [7, 11) is 4.22. The van der Waals surface area contributed by atoms with Crippen LogP contribution in [0.25, 0.3) is 0 Å². The fraction of sp³-hybridized carbons (Fsp3) is 1.00. The molecule has 3 nitrogen and oxygen atoms in total. The summed E-state index contributed by atoms with van der Waals surface area (Å²) in [6.45, 7) is 7.55. The van der Waals surface area contributed by atoms with Crippen molar-refractivity contribution in [3.63, 3.8) is 0 Å². The number of nitrogens with zero attached hydrogens (tertiary/aromatic N) is 1. The maximum atomic E-state index is 5.53. The lowest BCUT2D eigenvalue weighted by Crippen LogP contribution is -2.39. The van der Waals surface area contributed by atoms with Crippen molar-refractivity contribution in [2.75, 3.05) is 33.8 Å². The van der Waals surface area contributed by atoms with E-state index in [-0.39, 0.29) is 0 Å².